The van der Waals surface area contributed by atoms with Gasteiger partial charge < -0.3 is 9.32 Å². The van der Waals surface area contributed by atoms with E-state index in [4.69, 9.17) is 16.0 Å². The Hall–Kier alpha value is -3.12. The lowest BCUT2D eigenvalue weighted by Gasteiger charge is -2.30. The number of oxazole rings is 1. The molecule has 0 spiro atoms. The highest BCUT2D eigenvalue weighted by atomic mass is 35.5. The zero-order valence-corrected chi connectivity index (χ0v) is 17.1. The van der Waals surface area contributed by atoms with Gasteiger partial charge in [-0.05, 0) is 54.8 Å². The minimum Gasteiger partial charge on any atom is -0.440 e. The first-order valence-corrected chi connectivity index (χ1v) is 10.5. The SMILES string of the molecule is O=C(c1ccc(Cn2cccn2)cc1)N1CCC(c2nc3cc(Cl)ccc3o2)CC1. The van der Waals surface area contributed by atoms with Crippen molar-refractivity contribution in [2.75, 3.05) is 13.1 Å². The summed E-state index contributed by atoms with van der Waals surface area (Å²) in [5.74, 6) is 1.03. The average Bonchev–Trinajstić information content (AvgIpc) is 3.43. The normalized spacial score (nSPS) is 15.0. The monoisotopic (exact) mass is 420 g/mol. The topological polar surface area (TPSA) is 64.2 Å². The van der Waals surface area contributed by atoms with Crippen molar-refractivity contribution in [2.45, 2.75) is 25.3 Å². The maximum atomic E-state index is 12.9. The molecule has 0 radical (unpaired) electrons. The third-order valence-electron chi connectivity index (χ3n) is 5.60. The summed E-state index contributed by atoms with van der Waals surface area (Å²) in [7, 11) is 0. The van der Waals surface area contributed by atoms with Gasteiger partial charge in [0.25, 0.3) is 5.91 Å². The van der Waals surface area contributed by atoms with Crippen molar-refractivity contribution in [3.05, 3.63) is 83.0 Å². The van der Waals surface area contributed by atoms with E-state index in [1.807, 2.05) is 58.2 Å². The van der Waals surface area contributed by atoms with Crippen LogP contribution in [0.3, 0.4) is 0 Å². The van der Waals surface area contributed by atoms with Crippen LogP contribution >= 0.6 is 11.6 Å². The predicted octanol–water partition coefficient (Wildman–Crippen LogP) is 4.75. The van der Waals surface area contributed by atoms with Crippen LogP contribution in [0.15, 0.2) is 65.3 Å². The number of piperidine rings is 1. The summed E-state index contributed by atoms with van der Waals surface area (Å²) < 4.78 is 7.78. The van der Waals surface area contributed by atoms with Gasteiger partial charge in [-0.25, -0.2) is 4.98 Å². The highest BCUT2D eigenvalue weighted by Crippen LogP contribution is 2.31. The summed E-state index contributed by atoms with van der Waals surface area (Å²) in [6.45, 7) is 2.08. The fourth-order valence-electron chi connectivity index (χ4n) is 3.94. The second-order valence-corrected chi connectivity index (χ2v) is 8.07. The van der Waals surface area contributed by atoms with Crippen molar-refractivity contribution in [3.63, 3.8) is 0 Å². The number of fused-ring (bicyclic) bond motifs is 1. The van der Waals surface area contributed by atoms with Crippen molar-refractivity contribution in [1.29, 1.82) is 0 Å². The molecule has 0 saturated carbocycles. The van der Waals surface area contributed by atoms with E-state index in [0.717, 1.165) is 35.4 Å². The van der Waals surface area contributed by atoms with Gasteiger partial charge in [0.2, 0.25) is 0 Å². The molecule has 1 aliphatic heterocycles. The smallest absolute Gasteiger partial charge is 0.253 e. The molecule has 1 aliphatic rings. The number of hydrogen-bond acceptors (Lipinski definition) is 4. The molecule has 5 rings (SSSR count). The molecule has 2 aromatic carbocycles. The van der Waals surface area contributed by atoms with Gasteiger partial charge in [0.1, 0.15) is 5.52 Å². The van der Waals surface area contributed by atoms with Crippen LogP contribution in [-0.4, -0.2) is 38.7 Å². The van der Waals surface area contributed by atoms with E-state index in [1.54, 1.807) is 12.3 Å². The molecule has 0 bridgehead atoms. The molecular weight excluding hydrogens is 400 g/mol. The number of rotatable bonds is 4. The molecule has 1 amide bonds. The minimum atomic E-state index is 0.0726. The Kier molecular flexibility index (Phi) is 5.01. The quantitative estimate of drug-likeness (QED) is 0.478. The van der Waals surface area contributed by atoms with Crippen LogP contribution in [0.1, 0.15) is 40.6 Å². The lowest BCUT2D eigenvalue weighted by atomic mass is 9.96. The number of likely N-dealkylation sites (tertiary alicyclic amines) is 1. The highest BCUT2D eigenvalue weighted by molar-refractivity contribution is 6.31. The molecular formula is C23H21ClN4O2. The lowest BCUT2D eigenvalue weighted by Crippen LogP contribution is -2.38. The zero-order chi connectivity index (χ0) is 20.5. The van der Waals surface area contributed by atoms with Gasteiger partial charge in [-0.1, -0.05) is 23.7 Å². The molecule has 152 valence electrons. The number of nitrogens with zero attached hydrogens (tertiary/aromatic N) is 4. The molecule has 0 N–H and O–H groups in total. The van der Waals surface area contributed by atoms with E-state index < -0.39 is 0 Å². The fraction of sp³-hybridized carbons (Fsp3) is 0.261. The first-order valence-electron chi connectivity index (χ1n) is 10.1. The number of aromatic nitrogens is 3. The lowest BCUT2D eigenvalue weighted by molar-refractivity contribution is 0.0706. The Morgan fingerprint density at radius 2 is 1.93 bits per heavy atom. The third kappa shape index (κ3) is 3.83. The molecule has 0 aliphatic carbocycles. The van der Waals surface area contributed by atoms with E-state index in [-0.39, 0.29) is 11.8 Å². The van der Waals surface area contributed by atoms with Crippen LogP contribution in [-0.2, 0) is 6.54 Å². The van der Waals surface area contributed by atoms with Crippen molar-refractivity contribution in [1.82, 2.24) is 19.7 Å². The molecule has 7 heteroatoms. The molecule has 30 heavy (non-hydrogen) atoms. The first kappa shape index (κ1) is 18.9. The molecule has 2 aromatic heterocycles. The maximum Gasteiger partial charge on any atom is 0.253 e. The van der Waals surface area contributed by atoms with Gasteiger partial charge in [-0.2, -0.15) is 5.10 Å². The number of benzene rings is 2. The molecule has 4 aromatic rings. The standard InChI is InChI=1S/C23H21ClN4O2/c24-19-6-7-21-20(14-19)26-22(30-21)17-8-12-27(13-9-17)23(29)18-4-2-16(3-5-18)15-28-11-1-10-25-28/h1-7,10-11,14,17H,8-9,12-13,15H2. The van der Waals surface area contributed by atoms with Gasteiger partial charge in [-0.15, -0.1) is 0 Å². The second kappa shape index (κ2) is 7.95. The van der Waals surface area contributed by atoms with E-state index in [1.165, 1.54) is 0 Å². The van der Waals surface area contributed by atoms with Crippen LogP contribution in [0.4, 0.5) is 0 Å². The van der Waals surface area contributed by atoms with E-state index >= 15 is 0 Å². The summed E-state index contributed by atoms with van der Waals surface area (Å²) in [5.41, 5.74) is 3.37. The highest BCUT2D eigenvalue weighted by Gasteiger charge is 2.27. The molecule has 0 atom stereocenters. The number of hydrogen-bond donors (Lipinski definition) is 0. The summed E-state index contributed by atoms with van der Waals surface area (Å²) >= 11 is 6.04. The zero-order valence-electron chi connectivity index (χ0n) is 16.4. The molecule has 0 unspecified atom stereocenters. The summed E-state index contributed by atoms with van der Waals surface area (Å²) in [6, 6.07) is 15.2. The molecule has 6 nitrogen and oxygen atoms in total. The van der Waals surface area contributed by atoms with Crippen molar-refractivity contribution in [3.8, 4) is 0 Å². The van der Waals surface area contributed by atoms with Crippen LogP contribution in [0, 0.1) is 0 Å². The summed E-state index contributed by atoms with van der Waals surface area (Å²) in [5, 5.41) is 4.87. The van der Waals surface area contributed by atoms with Crippen LogP contribution in [0.5, 0.6) is 0 Å². The third-order valence-corrected chi connectivity index (χ3v) is 5.84. The van der Waals surface area contributed by atoms with Gasteiger partial charge >= 0.3 is 0 Å². The number of amides is 1. The fourth-order valence-corrected chi connectivity index (χ4v) is 4.11. The van der Waals surface area contributed by atoms with Crippen molar-refractivity contribution >= 4 is 28.6 Å². The Balaban J connectivity index is 1.22. The van der Waals surface area contributed by atoms with Gasteiger partial charge in [0.15, 0.2) is 11.5 Å². The minimum absolute atomic E-state index is 0.0726. The van der Waals surface area contributed by atoms with Crippen molar-refractivity contribution < 1.29 is 9.21 Å². The Labute approximate surface area is 179 Å². The van der Waals surface area contributed by atoms with Gasteiger partial charge in [-0.3, -0.25) is 9.48 Å². The number of halogens is 1. The summed E-state index contributed by atoms with van der Waals surface area (Å²) in [6.07, 6.45) is 5.36. The second-order valence-electron chi connectivity index (χ2n) is 7.63. The molecule has 3 heterocycles. The largest absolute Gasteiger partial charge is 0.440 e. The Bertz CT molecular complexity index is 1160. The van der Waals surface area contributed by atoms with Gasteiger partial charge in [0, 0.05) is 42.0 Å². The molecule has 1 saturated heterocycles. The molecule has 1 fully saturated rings. The van der Waals surface area contributed by atoms with Crippen LogP contribution < -0.4 is 0 Å². The van der Waals surface area contributed by atoms with E-state index in [2.05, 4.69) is 10.1 Å². The Morgan fingerprint density at radius 1 is 1.13 bits per heavy atom. The van der Waals surface area contributed by atoms with E-state index in [9.17, 15) is 4.79 Å². The maximum absolute atomic E-state index is 12.9. The average molecular weight is 421 g/mol. The van der Waals surface area contributed by atoms with Gasteiger partial charge in [0.05, 0.1) is 6.54 Å². The number of carbonyl (C=O) groups excluding carboxylic acids is 1. The van der Waals surface area contributed by atoms with Crippen LogP contribution in [0.25, 0.3) is 11.1 Å². The number of carbonyl (C=O) groups is 1. The predicted molar refractivity (Wildman–Crippen MR) is 115 cm³/mol. The van der Waals surface area contributed by atoms with Crippen molar-refractivity contribution in [2.24, 2.45) is 0 Å². The van der Waals surface area contributed by atoms with Crippen LogP contribution in [0.2, 0.25) is 5.02 Å². The summed E-state index contributed by atoms with van der Waals surface area (Å²) in [4.78, 5) is 19.4. The van der Waals surface area contributed by atoms with E-state index in [0.29, 0.717) is 30.2 Å². The Morgan fingerprint density at radius 3 is 2.67 bits per heavy atom. The first-order chi connectivity index (χ1) is 14.7.